The summed E-state index contributed by atoms with van der Waals surface area (Å²) < 4.78 is 0. The maximum atomic E-state index is 3.96. The molecule has 0 radical (unpaired) electrons. The maximum Gasteiger partial charge on any atom is 0.156 e. The SMILES string of the molecule is Br.CN=C1NCCS1. The zero-order valence-corrected chi connectivity index (χ0v) is 7.21. The van der Waals surface area contributed by atoms with E-state index in [0.717, 1.165) is 11.7 Å². The van der Waals surface area contributed by atoms with Gasteiger partial charge in [0.1, 0.15) is 0 Å². The Morgan fingerprint density at radius 3 is 2.75 bits per heavy atom. The number of hydrogen-bond donors (Lipinski definition) is 1. The molecular weight excluding hydrogens is 188 g/mol. The first-order chi connectivity index (χ1) is 3.43. The van der Waals surface area contributed by atoms with E-state index in [1.165, 1.54) is 5.75 Å². The molecule has 0 saturated carbocycles. The Bertz CT molecular complexity index is 86.0. The second kappa shape index (κ2) is 4.21. The van der Waals surface area contributed by atoms with Crippen LogP contribution in [0.25, 0.3) is 0 Å². The molecule has 0 bridgehead atoms. The second-order valence-corrected chi connectivity index (χ2v) is 2.39. The summed E-state index contributed by atoms with van der Waals surface area (Å²) in [6.07, 6.45) is 0. The first kappa shape index (κ1) is 8.30. The van der Waals surface area contributed by atoms with Gasteiger partial charge in [-0.15, -0.1) is 17.0 Å². The molecule has 1 fully saturated rings. The van der Waals surface area contributed by atoms with Crippen molar-refractivity contribution in [1.82, 2.24) is 5.32 Å². The highest BCUT2D eigenvalue weighted by Crippen LogP contribution is 2.05. The van der Waals surface area contributed by atoms with Crippen LogP contribution in [0.2, 0.25) is 0 Å². The molecule has 1 aliphatic rings. The third kappa shape index (κ3) is 2.05. The van der Waals surface area contributed by atoms with Crippen LogP contribution in [0.3, 0.4) is 0 Å². The third-order valence-corrected chi connectivity index (χ3v) is 1.83. The third-order valence-electron chi connectivity index (χ3n) is 0.820. The minimum absolute atomic E-state index is 0. The molecule has 0 aromatic carbocycles. The van der Waals surface area contributed by atoms with Crippen molar-refractivity contribution in [2.75, 3.05) is 19.3 Å². The van der Waals surface area contributed by atoms with Crippen LogP contribution in [0.5, 0.6) is 0 Å². The second-order valence-electron chi connectivity index (χ2n) is 1.30. The quantitative estimate of drug-likeness (QED) is 0.623. The number of rotatable bonds is 0. The van der Waals surface area contributed by atoms with Crippen LogP contribution in [0.4, 0.5) is 0 Å². The molecule has 1 aliphatic heterocycles. The molecule has 1 saturated heterocycles. The molecular formula is C4H9BrN2S. The minimum Gasteiger partial charge on any atom is -0.364 e. The highest BCUT2D eigenvalue weighted by Gasteiger charge is 2.03. The number of halogens is 1. The number of hydrogen-bond acceptors (Lipinski definition) is 2. The molecule has 1 heterocycles. The van der Waals surface area contributed by atoms with Crippen molar-refractivity contribution in [3.8, 4) is 0 Å². The molecule has 1 rings (SSSR count). The van der Waals surface area contributed by atoms with Crippen molar-refractivity contribution in [3.05, 3.63) is 0 Å². The molecule has 4 heteroatoms. The summed E-state index contributed by atoms with van der Waals surface area (Å²) in [5.74, 6) is 1.17. The van der Waals surface area contributed by atoms with Gasteiger partial charge in [0.05, 0.1) is 0 Å². The molecule has 0 spiro atoms. The van der Waals surface area contributed by atoms with E-state index >= 15 is 0 Å². The smallest absolute Gasteiger partial charge is 0.156 e. The Balaban J connectivity index is 0.000000490. The predicted octanol–water partition coefficient (Wildman–Crippen LogP) is 0.886. The molecule has 0 aliphatic carbocycles. The van der Waals surface area contributed by atoms with Crippen LogP contribution in [0.15, 0.2) is 4.99 Å². The van der Waals surface area contributed by atoms with Gasteiger partial charge in [-0.2, -0.15) is 0 Å². The van der Waals surface area contributed by atoms with Crippen molar-refractivity contribution in [1.29, 1.82) is 0 Å². The number of nitrogens with one attached hydrogen (secondary N) is 1. The van der Waals surface area contributed by atoms with Gasteiger partial charge < -0.3 is 5.32 Å². The summed E-state index contributed by atoms with van der Waals surface area (Å²) in [4.78, 5) is 3.96. The molecule has 8 heavy (non-hydrogen) atoms. The van der Waals surface area contributed by atoms with Crippen molar-refractivity contribution in [2.45, 2.75) is 0 Å². The lowest BCUT2D eigenvalue weighted by molar-refractivity contribution is 1.01. The largest absolute Gasteiger partial charge is 0.364 e. The lowest BCUT2D eigenvalue weighted by atomic mass is 10.8. The number of amidine groups is 1. The Morgan fingerprint density at radius 1 is 1.75 bits per heavy atom. The highest BCUT2D eigenvalue weighted by atomic mass is 79.9. The van der Waals surface area contributed by atoms with Crippen molar-refractivity contribution in [3.63, 3.8) is 0 Å². The van der Waals surface area contributed by atoms with Crippen molar-refractivity contribution < 1.29 is 0 Å². The summed E-state index contributed by atoms with van der Waals surface area (Å²) in [5.41, 5.74) is 0. The molecule has 2 nitrogen and oxygen atoms in total. The van der Waals surface area contributed by atoms with Crippen molar-refractivity contribution >= 4 is 33.9 Å². The van der Waals surface area contributed by atoms with E-state index in [1.807, 2.05) is 0 Å². The standard InChI is InChI=1S/C4H8N2S.BrH/c1-5-4-6-2-3-7-4;/h2-3H2,1H3,(H,5,6);1H. The summed E-state index contributed by atoms with van der Waals surface area (Å²) in [6, 6.07) is 0. The fraction of sp³-hybridized carbons (Fsp3) is 0.750. The van der Waals surface area contributed by atoms with Crippen LogP contribution in [0.1, 0.15) is 0 Å². The molecule has 0 unspecified atom stereocenters. The molecule has 48 valence electrons. The maximum absolute atomic E-state index is 3.96. The Labute approximate surface area is 63.9 Å². The van der Waals surface area contributed by atoms with Gasteiger partial charge in [-0.1, -0.05) is 11.8 Å². The average Bonchev–Trinajstić information content (AvgIpc) is 2.14. The van der Waals surface area contributed by atoms with Crippen LogP contribution in [-0.2, 0) is 0 Å². The molecule has 0 aromatic rings. The number of aliphatic imine (C=N–C) groups is 1. The zero-order chi connectivity index (χ0) is 5.11. The Kier molecular flexibility index (Phi) is 4.36. The first-order valence-electron chi connectivity index (χ1n) is 2.27. The van der Waals surface area contributed by atoms with E-state index in [9.17, 15) is 0 Å². The highest BCUT2D eigenvalue weighted by molar-refractivity contribution is 8.93. The lowest BCUT2D eigenvalue weighted by Crippen LogP contribution is -2.12. The summed E-state index contributed by atoms with van der Waals surface area (Å²) >= 11 is 1.78. The summed E-state index contributed by atoms with van der Waals surface area (Å²) in [6.45, 7) is 1.08. The van der Waals surface area contributed by atoms with Crippen LogP contribution in [-0.4, -0.2) is 24.5 Å². The van der Waals surface area contributed by atoms with E-state index in [1.54, 1.807) is 18.8 Å². The van der Waals surface area contributed by atoms with Crippen LogP contribution in [0, 0.1) is 0 Å². The van der Waals surface area contributed by atoms with E-state index in [2.05, 4.69) is 10.3 Å². The fourth-order valence-corrected chi connectivity index (χ4v) is 1.23. The van der Waals surface area contributed by atoms with Gasteiger partial charge in [0.25, 0.3) is 0 Å². The summed E-state index contributed by atoms with van der Waals surface area (Å²) in [7, 11) is 1.81. The molecule has 0 aromatic heterocycles. The number of nitrogens with zero attached hydrogens (tertiary/aromatic N) is 1. The van der Waals surface area contributed by atoms with E-state index in [0.29, 0.717) is 0 Å². The van der Waals surface area contributed by atoms with Gasteiger partial charge in [-0.25, -0.2) is 0 Å². The van der Waals surface area contributed by atoms with E-state index < -0.39 is 0 Å². The lowest BCUT2D eigenvalue weighted by Gasteiger charge is -1.88. The fourth-order valence-electron chi connectivity index (χ4n) is 0.500. The van der Waals surface area contributed by atoms with Crippen LogP contribution < -0.4 is 5.32 Å². The molecule has 1 N–H and O–H groups in total. The van der Waals surface area contributed by atoms with Gasteiger partial charge in [-0.3, -0.25) is 4.99 Å². The van der Waals surface area contributed by atoms with Crippen LogP contribution >= 0.6 is 28.7 Å². The molecule has 0 amide bonds. The normalized spacial score (nSPS) is 22.4. The molecule has 0 atom stereocenters. The van der Waals surface area contributed by atoms with Gasteiger partial charge >= 0.3 is 0 Å². The van der Waals surface area contributed by atoms with Gasteiger partial charge in [0.15, 0.2) is 5.17 Å². The Hall–Kier alpha value is 0.300. The van der Waals surface area contributed by atoms with E-state index in [-0.39, 0.29) is 17.0 Å². The van der Waals surface area contributed by atoms with Gasteiger partial charge in [0, 0.05) is 19.3 Å². The van der Waals surface area contributed by atoms with Gasteiger partial charge in [0.2, 0.25) is 0 Å². The first-order valence-corrected chi connectivity index (χ1v) is 3.25. The summed E-state index contributed by atoms with van der Waals surface area (Å²) in [5, 5.41) is 4.20. The van der Waals surface area contributed by atoms with E-state index in [4.69, 9.17) is 0 Å². The Morgan fingerprint density at radius 2 is 2.50 bits per heavy atom. The monoisotopic (exact) mass is 196 g/mol. The zero-order valence-electron chi connectivity index (χ0n) is 4.68. The topological polar surface area (TPSA) is 24.4 Å². The predicted molar refractivity (Wildman–Crippen MR) is 44.1 cm³/mol. The average molecular weight is 197 g/mol. The van der Waals surface area contributed by atoms with Crippen molar-refractivity contribution in [2.24, 2.45) is 4.99 Å². The van der Waals surface area contributed by atoms with Gasteiger partial charge in [-0.05, 0) is 0 Å². The number of thioether (sulfide) groups is 1. The minimum atomic E-state index is 0.